The zero-order valence-electron chi connectivity index (χ0n) is 13.7. The zero-order chi connectivity index (χ0) is 14.8. The quantitative estimate of drug-likeness (QED) is 0.714. The SMILES string of the molecule is C[C@]12CCC(O)C[C@@H]1CC[C@@H]1[C@@H]2CC[C@]2(C)C(O)CC[C@@H]12. The number of hydrogen-bond donors (Lipinski definition) is 2. The van der Waals surface area contributed by atoms with Gasteiger partial charge in [0.15, 0.2) is 0 Å². The summed E-state index contributed by atoms with van der Waals surface area (Å²) in [5, 5.41) is 20.5. The average Bonchev–Trinajstić information content (AvgIpc) is 2.76. The Bertz CT molecular complexity index is 422. The van der Waals surface area contributed by atoms with E-state index in [-0.39, 0.29) is 17.6 Å². The molecule has 120 valence electrons. The van der Waals surface area contributed by atoms with Gasteiger partial charge in [0.2, 0.25) is 0 Å². The van der Waals surface area contributed by atoms with Gasteiger partial charge in [-0.3, -0.25) is 0 Å². The fourth-order valence-corrected chi connectivity index (χ4v) is 7.21. The van der Waals surface area contributed by atoms with Crippen molar-refractivity contribution >= 4 is 0 Å². The lowest BCUT2D eigenvalue weighted by molar-refractivity contribution is -0.133. The van der Waals surface area contributed by atoms with Crippen molar-refractivity contribution in [3.63, 3.8) is 0 Å². The van der Waals surface area contributed by atoms with Gasteiger partial charge < -0.3 is 10.2 Å². The summed E-state index contributed by atoms with van der Waals surface area (Å²) in [6.45, 7) is 4.90. The van der Waals surface area contributed by atoms with E-state index in [1.165, 1.54) is 38.5 Å². The Morgan fingerprint density at radius 2 is 1.48 bits per heavy atom. The van der Waals surface area contributed by atoms with Crippen molar-refractivity contribution < 1.29 is 10.2 Å². The van der Waals surface area contributed by atoms with Crippen LogP contribution in [0.4, 0.5) is 0 Å². The summed E-state index contributed by atoms with van der Waals surface area (Å²) in [6, 6.07) is 0. The normalized spacial score (nSPS) is 60.0. The van der Waals surface area contributed by atoms with E-state index >= 15 is 0 Å². The van der Waals surface area contributed by atoms with Gasteiger partial charge in [-0.15, -0.1) is 0 Å². The first-order valence-electron chi connectivity index (χ1n) is 9.31. The van der Waals surface area contributed by atoms with E-state index < -0.39 is 0 Å². The van der Waals surface area contributed by atoms with Gasteiger partial charge in [-0.05, 0) is 92.3 Å². The summed E-state index contributed by atoms with van der Waals surface area (Å²) < 4.78 is 0. The van der Waals surface area contributed by atoms with E-state index in [1.807, 2.05) is 0 Å². The first kappa shape index (κ1) is 14.5. The molecule has 0 saturated heterocycles. The summed E-state index contributed by atoms with van der Waals surface area (Å²) >= 11 is 0. The highest BCUT2D eigenvalue weighted by atomic mass is 16.3. The summed E-state index contributed by atoms with van der Waals surface area (Å²) in [7, 11) is 0. The topological polar surface area (TPSA) is 40.5 Å². The first-order chi connectivity index (χ1) is 9.95. The van der Waals surface area contributed by atoms with E-state index in [9.17, 15) is 10.2 Å². The highest BCUT2D eigenvalue weighted by molar-refractivity contribution is 5.09. The van der Waals surface area contributed by atoms with Crippen LogP contribution in [-0.4, -0.2) is 22.4 Å². The van der Waals surface area contributed by atoms with Crippen LogP contribution < -0.4 is 0 Å². The number of fused-ring (bicyclic) bond motifs is 5. The van der Waals surface area contributed by atoms with Crippen molar-refractivity contribution in [3.05, 3.63) is 0 Å². The molecule has 0 radical (unpaired) electrons. The van der Waals surface area contributed by atoms with Crippen LogP contribution >= 0.6 is 0 Å². The van der Waals surface area contributed by atoms with Gasteiger partial charge in [0, 0.05) is 0 Å². The van der Waals surface area contributed by atoms with Crippen molar-refractivity contribution in [2.75, 3.05) is 0 Å². The molecule has 8 atom stereocenters. The molecule has 0 aromatic heterocycles. The van der Waals surface area contributed by atoms with E-state index in [0.29, 0.717) is 5.41 Å². The Hall–Kier alpha value is -0.0800. The zero-order valence-corrected chi connectivity index (χ0v) is 13.7. The average molecular weight is 292 g/mol. The van der Waals surface area contributed by atoms with Crippen molar-refractivity contribution in [3.8, 4) is 0 Å². The molecule has 2 nitrogen and oxygen atoms in total. The smallest absolute Gasteiger partial charge is 0.0596 e. The van der Waals surface area contributed by atoms with Gasteiger partial charge in [0.05, 0.1) is 12.2 Å². The number of aliphatic hydroxyl groups is 2. The van der Waals surface area contributed by atoms with Crippen LogP contribution in [0.2, 0.25) is 0 Å². The van der Waals surface area contributed by atoms with Crippen LogP contribution in [-0.2, 0) is 0 Å². The Balaban J connectivity index is 1.62. The van der Waals surface area contributed by atoms with Gasteiger partial charge in [-0.25, -0.2) is 0 Å². The minimum atomic E-state index is -0.0536. The van der Waals surface area contributed by atoms with Gasteiger partial charge in [-0.2, -0.15) is 0 Å². The molecule has 0 heterocycles. The van der Waals surface area contributed by atoms with Crippen molar-refractivity contribution in [1.29, 1.82) is 0 Å². The van der Waals surface area contributed by atoms with E-state index in [2.05, 4.69) is 13.8 Å². The van der Waals surface area contributed by atoms with Crippen LogP contribution in [0.3, 0.4) is 0 Å². The molecular formula is C19H32O2. The second-order valence-corrected chi connectivity index (χ2v) is 9.22. The standard InChI is InChI=1S/C19H32O2/c1-18-9-7-13(20)11-12(18)3-4-14-15-5-6-17(21)19(15,2)10-8-16(14)18/h12-17,20-21H,3-11H2,1-2H3/t12-,13?,14-,15-,16-,17?,18-,19-/m0/s1. The maximum Gasteiger partial charge on any atom is 0.0596 e. The summed E-state index contributed by atoms with van der Waals surface area (Å²) in [5.74, 6) is 3.21. The Morgan fingerprint density at radius 1 is 0.762 bits per heavy atom. The predicted molar refractivity (Wildman–Crippen MR) is 83.7 cm³/mol. The number of hydrogen-bond acceptors (Lipinski definition) is 2. The van der Waals surface area contributed by atoms with E-state index in [0.717, 1.165) is 42.9 Å². The Morgan fingerprint density at radius 3 is 2.29 bits per heavy atom. The maximum absolute atomic E-state index is 10.5. The molecule has 2 N–H and O–H groups in total. The van der Waals surface area contributed by atoms with Gasteiger partial charge in [-0.1, -0.05) is 13.8 Å². The Labute approximate surface area is 129 Å². The highest BCUT2D eigenvalue weighted by Crippen LogP contribution is 2.66. The van der Waals surface area contributed by atoms with Crippen LogP contribution in [0, 0.1) is 34.5 Å². The molecular weight excluding hydrogens is 260 g/mol. The molecule has 4 rings (SSSR count). The third-order valence-electron chi connectivity index (χ3n) is 8.59. The molecule has 0 aromatic carbocycles. The Kier molecular flexibility index (Phi) is 3.25. The minimum absolute atomic E-state index is 0.0400. The fraction of sp³-hybridized carbons (Fsp3) is 1.00. The van der Waals surface area contributed by atoms with Gasteiger partial charge in [0.25, 0.3) is 0 Å². The lowest BCUT2D eigenvalue weighted by Crippen LogP contribution is -2.54. The lowest BCUT2D eigenvalue weighted by atomic mass is 9.45. The van der Waals surface area contributed by atoms with Crippen LogP contribution in [0.5, 0.6) is 0 Å². The third-order valence-corrected chi connectivity index (χ3v) is 8.59. The van der Waals surface area contributed by atoms with Crippen molar-refractivity contribution in [2.24, 2.45) is 34.5 Å². The number of aliphatic hydroxyl groups excluding tert-OH is 2. The second-order valence-electron chi connectivity index (χ2n) is 9.22. The molecule has 0 aromatic rings. The molecule has 4 aliphatic carbocycles. The molecule has 0 aliphatic heterocycles. The van der Waals surface area contributed by atoms with E-state index in [4.69, 9.17) is 0 Å². The summed E-state index contributed by atoms with van der Waals surface area (Å²) in [6.07, 6.45) is 10.7. The molecule has 21 heavy (non-hydrogen) atoms. The van der Waals surface area contributed by atoms with Crippen LogP contribution in [0.25, 0.3) is 0 Å². The van der Waals surface area contributed by atoms with Crippen molar-refractivity contribution in [2.45, 2.75) is 83.8 Å². The fourth-order valence-electron chi connectivity index (χ4n) is 7.21. The van der Waals surface area contributed by atoms with Gasteiger partial charge in [0.1, 0.15) is 0 Å². The molecule has 0 spiro atoms. The molecule has 2 unspecified atom stereocenters. The third kappa shape index (κ3) is 1.91. The molecule has 0 amide bonds. The molecule has 4 fully saturated rings. The summed E-state index contributed by atoms with van der Waals surface area (Å²) in [5.41, 5.74) is 0.676. The lowest BCUT2D eigenvalue weighted by Gasteiger charge is -2.60. The van der Waals surface area contributed by atoms with Gasteiger partial charge >= 0.3 is 0 Å². The molecule has 0 bridgehead atoms. The highest BCUT2D eigenvalue weighted by Gasteiger charge is 2.59. The van der Waals surface area contributed by atoms with Crippen LogP contribution in [0.15, 0.2) is 0 Å². The first-order valence-corrected chi connectivity index (χ1v) is 9.31. The molecule has 2 heteroatoms. The van der Waals surface area contributed by atoms with E-state index in [1.54, 1.807) is 0 Å². The number of rotatable bonds is 0. The summed E-state index contributed by atoms with van der Waals surface area (Å²) in [4.78, 5) is 0. The maximum atomic E-state index is 10.5. The molecule has 4 saturated carbocycles. The largest absolute Gasteiger partial charge is 0.393 e. The molecule has 4 aliphatic rings. The monoisotopic (exact) mass is 292 g/mol. The van der Waals surface area contributed by atoms with Crippen LogP contribution in [0.1, 0.15) is 71.6 Å². The second kappa shape index (κ2) is 4.71. The predicted octanol–water partition coefficient (Wildman–Crippen LogP) is 3.75. The minimum Gasteiger partial charge on any atom is -0.393 e. The van der Waals surface area contributed by atoms with Crippen molar-refractivity contribution in [1.82, 2.24) is 0 Å².